The zero-order valence-electron chi connectivity index (χ0n) is 21.2. The molecule has 2 heterocycles. The van der Waals surface area contributed by atoms with Crippen LogP contribution in [-0.2, 0) is 13.6 Å². The van der Waals surface area contributed by atoms with Gasteiger partial charge in [0.05, 0.1) is 6.10 Å². The predicted octanol–water partition coefficient (Wildman–Crippen LogP) is 4.62. The number of aromatic amines is 1. The second-order valence-electron chi connectivity index (χ2n) is 11.7. The van der Waals surface area contributed by atoms with Gasteiger partial charge in [0.1, 0.15) is 12.2 Å². The first kappa shape index (κ1) is 26.2. The first-order valence-corrected chi connectivity index (χ1v) is 17.1. The Morgan fingerprint density at radius 2 is 1.45 bits per heavy atom. The topological polar surface area (TPSA) is 82.6 Å². The number of hydrogen-bond acceptors (Lipinski definition) is 5. The first-order valence-electron chi connectivity index (χ1n) is 11.2. The molecule has 0 radical (unpaired) electrons. The molecular weight excluding hydrogens is 428 g/mol. The van der Waals surface area contributed by atoms with Crippen LogP contribution in [0.1, 0.15) is 61.1 Å². The van der Waals surface area contributed by atoms with Crippen LogP contribution in [0, 0.1) is 0 Å². The van der Waals surface area contributed by atoms with E-state index in [2.05, 4.69) is 79.6 Å². The van der Waals surface area contributed by atoms with Gasteiger partial charge in [-0.05, 0) is 42.7 Å². The summed E-state index contributed by atoms with van der Waals surface area (Å²) in [6.07, 6.45) is 0.652. The highest BCUT2D eigenvalue weighted by atomic mass is 28.4. The SMILES string of the molecule is CC[C@H]1O[C@@H](n2ccc(=O)[nH]c2=O)C(O[Si](C)(C)C(C)(C)C)[C@H]1O[Si](C)(C)C(C)(C)C. The molecular formula is C22H42N2O5Si2. The zero-order chi connectivity index (χ0) is 24.0. The van der Waals surface area contributed by atoms with Crippen LogP contribution in [0.2, 0.25) is 36.3 Å². The average molecular weight is 471 g/mol. The number of nitrogens with one attached hydrogen (secondary N) is 1. The molecule has 0 saturated carbocycles. The van der Waals surface area contributed by atoms with Crippen molar-refractivity contribution < 1.29 is 13.6 Å². The van der Waals surface area contributed by atoms with E-state index in [0.717, 1.165) is 6.42 Å². The van der Waals surface area contributed by atoms with E-state index in [1.807, 2.05) is 0 Å². The van der Waals surface area contributed by atoms with Crippen LogP contribution in [0.3, 0.4) is 0 Å². The summed E-state index contributed by atoms with van der Waals surface area (Å²) in [6, 6.07) is 1.34. The molecule has 1 unspecified atom stereocenters. The fraction of sp³-hybridized carbons (Fsp3) is 0.818. The number of hydrogen-bond donors (Lipinski definition) is 1. The first-order chi connectivity index (χ1) is 13.9. The maximum absolute atomic E-state index is 12.6. The van der Waals surface area contributed by atoms with E-state index in [1.165, 1.54) is 16.8 Å². The fourth-order valence-corrected chi connectivity index (χ4v) is 5.79. The third kappa shape index (κ3) is 5.50. The van der Waals surface area contributed by atoms with Gasteiger partial charge in [0, 0.05) is 12.3 Å². The molecule has 1 aromatic rings. The Kier molecular flexibility index (Phi) is 7.40. The molecule has 7 nitrogen and oxygen atoms in total. The molecule has 0 bridgehead atoms. The summed E-state index contributed by atoms with van der Waals surface area (Å²) >= 11 is 0. The average Bonchev–Trinajstić information content (AvgIpc) is 2.89. The number of nitrogens with zero attached hydrogens (tertiary/aromatic N) is 1. The highest BCUT2D eigenvalue weighted by Crippen LogP contribution is 2.45. The second-order valence-corrected chi connectivity index (χ2v) is 21.2. The summed E-state index contributed by atoms with van der Waals surface area (Å²) in [7, 11) is -4.34. The summed E-state index contributed by atoms with van der Waals surface area (Å²) in [5.41, 5.74) is -0.925. The molecule has 0 spiro atoms. The molecule has 0 amide bonds. The summed E-state index contributed by atoms with van der Waals surface area (Å²) < 4.78 is 21.6. The van der Waals surface area contributed by atoms with E-state index < -0.39 is 40.2 Å². The normalized spacial score (nSPS) is 25.8. The fourth-order valence-electron chi connectivity index (χ4n) is 3.19. The third-order valence-electron chi connectivity index (χ3n) is 7.29. The highest BCUT2D eigenvalue weighted by molar-refractivity contribution is 6.74. The highest BCUT2D eigenvalue weighted by Gasteiger charge is 2.53. The van der Waals surface area contributed by atoms with E-state index in [-0.39, 0.29) is 22.3 Å². The molecule has 1 fully saturated rings. The van der Waals surface area contributed by atoms with Gasteiger partial charge in [-0.2, -0.15) is 0 Å². The van der Waals surface area contributed by atoms with Gasteiger partial charge in [-0.25, -0.2) is 4.79 Å². The Labute approximate surface area is 188 Å². The Bertz CT molecular complexity index is 879. The zero-order valence-corrected chi connectivity index (χ0v) is 23.2. The Balaban J connectivity index is 2.57. The van der Waals surface area contributed by atoms with Gasteiger partial charge in [-0.1, -0.05) is 48.5 Å². The number of H-pyrrole nitrogens is 1. The van der Waals surface area contributed by atoms with Crippen molar-refractivity contribution in [2.75, 3.05) is 0 Å². The van der Waals surface area contributed by atoms with E-state index in [4.69, 9.17) is 13.6 Å². The van der Waals surface area contributed by atoms with Crippen molar-refractivity contribution in [2.24, 2.45) is 0 Å². The summed E-state index contributed by atoms with van der Waals surface area (Å²) in [5.74, 6) is 0. The molecule has 9 heteroatoms. The van der Waals surface area contributed by atoms with Crippen molar-refractivity contribution in [3.63, 3.8) is 0 Å². The number of rotatable bonds is 6. The van der Waals surface area contributed by atoms with Crippen molar-refractivity contribution in [1.29, 1.82) is 0 Å². The van der Waals surface area contributed by atoms with Crippen LogP contribution in [0.15, 0.2) is 21.9 Å². The standard InChI is InChI=1S/C22H42N2O5Si2/c1-12-15-17(28-30(8,9)21(2,3)4)18(29-31(10,11)22(5,6)7)19(27-15)24-14-13-16(25)23-20(24)26/h13-15,17-19H,12H2,1-11H3,(H,23,25,26)/t15-,17+,18?,19-/m1/s1. The number of aromatic nitrogens is 2. The van der Waals surface area contributed by atoms with Crippen molar-refractivity contribution in [1.82, 2.24) is 9.55 Å². The molecule has 1 saturated heterocycles. The third-order valence-corrected chi connectivity index (χ3v) is 16.2. The smallest absolute Gasteiger partial charge is 0.330 e. The minimum absolute atomic E-state index is 0.0145. The number of ether oxygens (including phenoxy) is 1. The van der Waals surface area contributed by atoms with Gasteiger partial charge in [-0.3, -0.25) is 14.3 Å². The lowest BCUT2D eigenvalue weighted by Crippen LogP contribution is -2.54. The second kappa shape index (κ2) is 8.74. The van der Waals surface area contributed by atoms with Gasteiger partial charge >= 0.3 is 5.69 Å². The van der Waals surface area contributed by atoms with E-state index in [1.54, 1.807) is 0 Å². The van der Waals surface area contributed by atoms with Crippen LogP contribution < -0.4 is 11.2 Å². The summed E-state index contributed by atoms with van der Waals surface area (Å²) in [4.78, 5) is 26.6. The minimum Gasteiger partial charge on any atom is -0.408 e. The van der Waals surface area contributed by atoms with Crippen LogP contribution in [0.4, 0.5) is 0 Å². The molecule has 1 aliphatic rings. The maximum Gasteiger partial charge on any atom is 0.330 e. The van der Waals surface area contributed by atoms with Crippen molar-refractivity contribution >= 4 is 16.6 Å². The Morgan fingerprint density at radius 3 is 1.87 bits per heavy atom. The molecule has 1 aromatic heterocycles. The van der Waals surface area contributed by atoms with E-state index in [9.17, 15) is 9.59 Å². The molecule has 4 atom stereocenters. The molecule has 0 aliphatic carbocycles. The van der Waals surface area contributed by atoms with Crippen molar-refractivity contribution in [3.05, 3.63) is 33.1 Å². The molecule has 1 N–H and O–H groups in total. The lowest BCUT2D eigenvalue weighted by atomic mass is 10.1. The molecule has 2 rings (SSSR count). The van der Waals surface area contributed by atoms with E-state index in [0.29, 0.717) is 0 Å². The van der Waals surface area contributed by atoms with Gasteiger partial charge in [0.15, 0.2) is 22.9 Å². The minimum atomic E-state index is -2.21. The van der Waals surface area contributed by atoms with Gasteiger partial charge < -0.3 is 13.6 Å². The summed E-state index contributed by atoms with van der Waals surface area (Å²) in [5, 5.41) is 0.0130. The molecule has 1 aliphatic heterocycles. The van der Waals surface area contributed by atoms with Gasteiger partial charge in [-0.15, -0.1) is 0 Å². The largest absolute Gasteiger partial charge is 0.408 e. The molecule has 0 aromatic carbocycles. The monoisotopic (exact) mass is 470 g/mol. The Hall–Kier alpha value is -1.01. The van der Waals surface area contributed by atoms with Crippen LogP contribution in [0.25, 0.3) is 0 Å². The Morgan fingerprint density at radius 1 is 0.968 bits per heavy atom. The van der Waals surface area contributed by atoms with Crippen LogP contribution in [0.5, 0.6) is 0 Å². The molecule has 178 valence electrons. The lowest BCUT2D eigenvalue weighted by Gasteiger charge is -2.44. The predicted molar refractivity (Wildman–Crippen MR) is 130 cm³/mol. The summed E-state index contributed by atoms with van der Waals surface area (Å²) in [6.45, 7) is 24.1. The van der Waals surface area contributed by atoms with E-state index >= 15 is 0 Å². The van der Waals surface area contributed by atoms with Gasteiger partial charge in [0.25, 0.3) is 5.56 Å². The van der Waals surface area contributed by atoms with Crippen LogP contribution in [-0.4, -0.2) is 44.5 Å². The van der Waals surface area contributed by atoms with Crippen LogP contribution >= 0.6 is 0 Å². The van der Waals surface area contributed by atoms with Crippen molar-refractivity contribution in [3.8, 4) is 0 Å². The quantitative estimate of drug-likeness (QED) is 0.613. The lowest BCUT2D eigenvalue weighted by molar-refractivity contribution is -0.0373. The van der Waals surface area contributed by atoms with Gasteiger partial charge in [0.2, 0.25) is 0 Å². The maximum atomic E-state index is 12.6. The molecule has 31 heavy (non-hydrogen) atoms. The van der Waals surface area contributed by atoms with Crippen molar-refractivity contribution in [2.45, 2.75) is 116 Å².